The summed E-state index contributed by atoms with van der Waals surface area (Å²) in [4.78, 5) is 14.7. The molecule has 2 amide bonds. The van der Waals surface area contributed by atoms with Crippen LogP contribution in [-0.2, 0) is 30.9 Å². The average molecular weight is 430 g/mol. The summed E-state index contributed by atoms with van der Waals surface area (Å²) in [5, 5.41) is 10.5. The van der Waals surface area contributed by atoms with Gasteiger partial charge in [-0.2, -0.15) is 5.10 Å². The van der Waals surface area contributed by atoms with Crippen LogP contribution in [-0.4, -0.2) is 47.0 Å². The summed E-state index contributed by atoms with van der Waals surface area (Å²) >= 11 is 0. The van der Waals surface area contributed by atoms with Crippen molar-refractivity contribution >= 4 is 11.7 Å². The van der Waals surface area contributed by atoms with Crippen LogP contribution in [0.5, 0.6) is 0 Å². The first-order valence-corrected chi connectivity index (χ1v) is 11.2. The molecule has 3 heterocycles. The third kappa shape index (κ3) is 5.07. The summed E-state index contributed by atoms with van der Waals surface area (Å²) in [7, 11) is 0. The summed E-state index contributed by atoms with van der Waals surface area (Å²) in [6.45, 7) is 9.61. The van der Waals surface area contributed by atoms with Crippen molar-refractivity contribution in [3.8, 4) is 0 Å². The van der Waals surface area contributed by atoms with Crippen molar-refractivity contribution in [1.82, 2.24) is 20.0 Å². The molecule has 0 aliphatic carbocycles. The van der Waals surface area contributed by atoms with E-state index in [1.807, 2.05) is 0 Å². The molecule has 31 heavy (non-hydrogen) atoms. The van der Waals surface area contributed by atoms with E-state index in [1.54, 1.807) is 19.1 Å². The second-order valence-corrected chi connectivity index (χ2v) is 8.46. The lowest BCUT2D eigenvalue weighted by atomic mass is 9.96. The molecule has 7 nitrogen and oxygen atoms in total. The first kappa shape index (κ1) is 21.8. The smallest absolute Gasteiger partial charge is 0.319 e. The first-order chi connectivity index (χ1) is 15.0. The third-order valence-corrected chi connectivity index (χ3v) is 6.43. The maximum absolute atomic E-state index is 13.6. The number of benzene rings is 1. The Labute approximate surface area is 182 Å². The molecule has 2 aliphatic rings. The number of likely N-dealkylation sites (tertiary alicyclic amines) is 1. The molecule has 2 N–H and O–H groups in total. The molecule has 0 spiro atoms. The summed E-state index contributed by atoms with van der Waals surface area (Å²) in [6, 6.07) is 4.41. The molecule has 1 fully saturated rings. The molecule has 0 unspecified atom stereocenters. The number of hydrogen-bond acceptors (Lipinski definition) is 4. The monoisotopic (exact) mass is 429 g/mol. The summed E-state index contributed by atoms with van der Waals surface area (Å²) in [5.74, 6) is 0.128. The quantitative estimate of drug-likeness (QED) is 0.738. The number of carbonyl (C=O) groups is 1. The molecular formula is C23H32FN5O2. The van der Waals surface area contributed by atoms with Crippen molar-refractivity contribution in [3.63, 3.8) is 0 Å². The van der Waals surface area contributed by atoms with E-state index in [4.69, 9.17) is 9.84 Å². The van der Waals surface area contributed by atoms with Crippen LogP contribution in [0, 0.1) is 18.7 Å². The van der Waals surface area contributed by atoms with Gasteiger partial charge in [-0.15, -0.1) is 0 Å². The summed E-state index contributed by atoms with van der Waals surface area (Å²) in [5.41, 5.74) is 4.72. The Balaban J connectivity index is 1.24. The Morgan fingerprint density at radius 1 is 1.32 bits per heavy atom. The van der Waals surface area contributed by atoms with Crippen molar-refractivity contribution in [3.05, 3.63) is 46.5 Å². The Bertz CT molecular complexity index is 921. The van der Waals surface area contributed by atoms with Crippen LogP contribution < -0.4 is 10.6 Å². The lowest BCUT2D eigenvalue weighted by molar-refractivity contribution is 0.107. The minimum Gasteiger partial charge on any atom is -0.376 e. The number of piperidine rings is 1. The number of ether oxygens (including phenoxy) is 1. The van der Waals surface area contributed by atoms with Crippen LogP contribution in [0.15, 0.2) is 18.2 Å². The largest absolute Gasteiger partial charge is 0.376 e. The second kappa shape index (κ2) is 9.78. The van der Waals surface area contributed by atoms with Crippen molar-refractivity contribution < 1.29 is 13.9 Å². The van der Waals surface area contributed by atoms with E-state index in [1.165, 1.54) is 17.3 Å². The molecule has 0 atom stereocenters. The molecule has 168 valence electrons. The van der Waals surface area contributed by atoms with Gasteiger partial charge >= 0.3 is 6.03 Å². The lowest BCUT2D eigenvalue weighted by Gasteiger charge is -2.31. The zero-order valence-corrected chi connectivity index (χ0v) is 18.4. The van der Waals surface area contributed by atoms with Crippen LogP contribution >= 0.6 is 0 Å². The number of nitrogens with one attached hydrogen (secondary N) is 2. The van der Waals surface area contributed by atoms with Crippen LogP contribution in [0.4, 0.5) is 14.9 Å². The minimum atomic E-state index is -0.318. The highest BCUT2D eigenvalue weighted by atomic mass is 19.1. The highest BCUT2D eigenvalue weighted by Crippen LogP contribution is 2.24. The van der Waals surface area contributed by atoms with Crippen molar-refractivity contribution in [1.29, 1.82) is 0 Å². The van der Waals surface area contributed by atoms with Gasteiger partial charge in [0.15, 0.2) is 0 Å². The Hall–Kier alpha value is -2.45. The minimum absolute atomic E-state index is 0.284. The van der Waals surface area contributed by atoms with Gasteiger partial charge in [-0.05, 0) is 57.8 Å². The van der Waals surface area contributed by atoms with Gasteiger partial charge in [0.05, 0.1) is 18.9 Å². The van der Waals surface area contributed by atoms with Gasteiger partial charge in [0.2, 0.25) is 0 Å². The molecule has 1 saturated heterocycles. The van der Waals surface area contributed by atoms with E-state index in [2.05, 4.69) is 27.1 Å². The average Bonchev–Trinajstić information content (AvgIpc) is 3.14. The number of carbonyl (C=O) groups excluding carboxylic acids is 1. The summed E-state index contributed by atoms with van der Waals surface area (Å²) in [6.07, 6.45) is 3.01. The fourth-order valence-electron chi connectivity index (χ4n) is 4.47. The molecule has 2 aromatic rings. The maximum atomic E-state index is 13.6. The van der Waals surface area contributed by atoms with E-state index >= 15 is 0 Å². The molecule has 4 rings (SSSR count). The van der Waals surface area contributed by atoms with Gasteiger partial charge in [-0.25, -0.2) is 9.18 Å². The maximum Gasteiger partial charge on any atom is 0.319 e. The zero-order chi connectivity index (χ0) is 21.8. The van der Waals surface area contributed by atoms with Gasteiger partial charge in [-0.3, -0.25) is 9.58 Å². The van der Waals surface area contributed by atoms with Gasteiger partial charge < -0.3 is 15.4 Å². The molecule has 0 radical (unpaired) electrons. The standard InChI is InChI=1S/C23H32FN5O2/c1-3-29-22-9-12-31-15-18(22)21(27-29)14-28-10-7-17(8-11-28)13-25-23(30)26-20-6-4-5-19(24)16(20)2/h4-6,17H,3,7-15H2,1-2H3,(H2,25,26,30). The predicted octanol–water partition coefficient (Wildman–Crippen LogP) is 3.46. The van der Waals surface area contributed by atoms with Gasteiger partial charge in [0.1, 0.15) is 5.82 Å². The van der Waals surface area contributed by atoms with E-state index in [-0.39, 0.29) is 11.8 Å². The zero-order valence-electron chi connectivity index (χ0n) is 18.4. The Morgan fingerprint density at radius 2 is 2.13 bits per heavy atom. The normalized spacial score (nSPS) is 17.4. The van der Waals surface area contributed by atoms with Crippen LogP contribution in [0.2, 0.25) is 0 Å². The number of amides is 2. The molecule has 2 aliphatic heterocycles. The van der Waals surface area contributed by atoms with E-state index in [0.717, 1.165) is 57.7 Å². The number of halogens is 1. The van der Waals surface area contributed by atoms with E-state index in [9.17, 15) is 9.18 Å². The summed E-state index contributed by atoms with van der Waals surface area (Å²) < 4.78 is 21.4. The number of anilines is 1. The number of rotatable bonds is 6. The van der Waals surface area contributed by atoms with Crippen molar-refractivity contribution in [2.75, 3.05) is 31.6 Å². The predicted molar refractivity (Wildman–Crippen MR) is 117 cm³/mol. The van der Waals surface area contributed by atoms with Gasteiger partial charge in [-0.1, -0.05) is 6.07 Å². The molecular weight excluding hydrogens is 397 g/mol. The molecule has 1 aromatic heterocycles. The number of aryl methyl sites for hydroxylation is 1. The second-order valence-electron chi connectivity index (χ2n) is 8.46. The highest BCUT2D eigenvalue weighted by Gasteiger charge is 2.25. The van der Waals surface area contributed by atoms with Crippen LogP contribution in [0.25, 0.3) is 0 Å². The Morgan fingerprint density at radius 3 is 2.90 bits per heavy atom. The molecule has 0 saturated carbocycles. The Kier molecular flexibility index (Phi) is 6.87. The molecule has 0 bridgehead atoms. The number of urea groups is 1. The fourth-order valence-corrected chi connectivity index (χ4v) is 4.47. The number of hydrogen-bond donors (Lipinski definition) is 2. The van der Waals surface area contributed by atoms with E-state index in [0.29, 0.717) is 30.3 Å². The first-order valence-electron chi connectivity index (χ1n) is 11.2. The van der Waals surface area contributed by atoms with Crippen molar-refractivity contribution in [2.45, 2.75) is 52.8 Å². The SMILES string of the molecule is CCn1nc(CN2CCC(CNC(=O)Nc3cccc(F)c3C)CC2)c2c1CCOC2. The molecule has 8 heteroatoms. The number of fused-ring (bicyclic) bond motifs is 1. The topological polar surface area (TPSA) is 71.4 Å². The van der Waals surface area contributed by atoms with Crippen molar-refractivity contribution in [2.24, 2.45) is 5.92 Å². The van der Waals surface area contributed by atoms with Gasteiger partial charge in [0.25, 0.3) is 0 Å². The van der Waals surface area contributed by atoms with Crippen LogP contribution in [0.3, 0.4) is 0 Å². The van der Waals surface area contributed by atoms with Crippen LogP contribution in [0.1, 0.15) is 42.3 Å². The lowest BCUT2D eigenvalue weighted by Crippen LogP contribution is -2.39. The van der Waals surface area contributed by atoms with Gasteiger partial charge in [0, 0.05) is 48.6 Å². The highest BCUT2D eigenvalue weighted by molar-refractivity contribution is 5.90. The number of nitrogens with zero attached hydrogens (tertiary/aromatic N) is 3. The molecule has 1 aromatic carbocycles. The van der Waals surface area contributed by atoms with E-state index < -0.39 is 0 Å². The third-order valence-electron chi connectivity index (χ3n) is 6.43. The number of aromatic nitrogens is 2. The fraction of sp³-hybridized carbons (Fsp3) is 0.565.